The van der Waals surface area contributed by atoms with E-state index in [1.54, 1.807) is 18.1 Å². The Morgan fingerprint density at radius 1 is 1.33 bits per heavy atom. The summed E-state index contributed by atoms with van der Waals surface area (Å²) in [7, 11) is 1.54. The topological polar surface area (TPSA) is 46.6 Å². The fraction of sp³-hybridized carbons (Fsp3) is 0.429. The van der Waals surface area contributed by atoms with Crippen LogP contribution in [-0.4, -0.2) is 25.3 Å². The maximum Gasteiger partial charge on any atom is 0.227 e. The van der Waals surface area contributed by atoms with Crippen molar-refractivity contribution < 1.29 is 14.3 Å². The molecule has 4 heteroatoms. The molecule has 1 aliphatic rings. The number of nitrogens with zero attached hydrogens (tertiary/aromatic N) is 1. The third-order valence-electron chi connectivity index (χ3n) is 3.21. The summed E-state index contributed by atoms with van der Waals surface area (Å²) in [6, 6.07) is 3.70. The van der Waals surface area contributed by atoms with Gasteiger partial charge in [-0.05, 0) is 38.0 Å². The summed E-state index contributed by atoms with van der Waals surface area (Å²) < 4.78 is 5.19. The third kappa shape index (κ3) is 1.98. The zero-order valence-electron chi connectivity index (χ0n) is 10.9. The maximum atomic E-state index is 12.0. The first-order valence-corrected chi connectivity index (χ1v) is 6.06. The van der Waals surface area contributed by atoms with Crippen LogP contribution in [0.2, 0.25) is 0 Å². The van der Waals surface area contributed by atoms with Crippen molar-refractivity contribution in [1.29, 1.82) is 0 Å². The molecule has 0 aliphatic carbocycles. The lowest BCUT2D eigenvalue weighted by Gasteiger charge is -2.33. The Bertz CT molecular complexity index is 494. The van der Waals surface area contributed by atoms with E-state index in [2.05, 4.69) is 0 Å². The third-order valence-corrected chi connectivity index (χ3v) is 3.21. The van der Waals surface area contributed by atoms with E-state index in [1.165, 1.54) is 0 Å². The molecule has 2 rings (SSSR count). The molecule has 1 aliphatic heterocycles. The van der Waals surface area contributed by atoms with Crippen LogP contribution < -0.4 is 9.64 Å². The minimum absolute atomic E-state index is 0.0875. The predicted molar refractivity (Wildman–Crippen MR) is 69.3 cm³/mol. The van der Waals surface area contributed by atoms with Crippen molar-refractivity contribution >= 4 is 17.9 Å². The molecule has 1 heterocycles. The van der Waals surface area contributed by atoms with Crippen LogP contribution in [0.4, 0.5) is 5.69 Å². The highest BCUT2D eigenvalue weighted by Crippen LogP contribution is 2.34. The number of ether oxygens (including phenoxy) is 1. The molecule has 0 bridgehead atoms. The highest BCUT2D eigenvalue weighted by atomic mass is 16.5. The lowest BCUT2D eigenvalue weighted by molar-refractivity contribution is -0.119. The van der Waals surface area contributed by atoms with Crippen molar-refractivity contribution in [2.24, 2.45) is 0 Å². The average Bonchev–Trinajstić information content (AvgIpc) is 2.36. The number of anilines is 1. The van der Waals surface area contributed by atoms with Gasteiger partial charge in [0.15, 0.2) is 6.29 Å². The van der Waals surface area contributed by atoms with E-state index in [-0.39, 0.29) is 11.9 Å². The quantitative estimate of drug-likeness (QED) is 0.769. The number of hydrogen-bond donors (Lipinski definition) is 0. The molecule has 0 spiro atoms. The largest absolute Gasteiger partial charge is 0.496 e. The highest BCUT2D eigenvalue weighted by Gasteiger charge is 2.27. The van der Waals surface area contributed by atoms with E-state index in [4.69, 9.17) is 4.74 Å². The van der Waals surface area contributed by atoms with Crippen LogP contribution in [0.25, 0.3) is 0 Å². The summed E-state index contributed by atoms with van der Waals surface area (Å²) in [5, 5.41) is 0. The molecule has 1 amide bonds. The molecule has 0 fully saturated rings. The summed E-state index contributed by atoms with van der Waals surface area (Å²) >= 11 is 0. The van der Waals surface area contributed by atoms with E-state index in [1.807, 2.05) is 19.9 Å². The van der Waals surface area contributed by atoms with Crippen LogP contribution in [0.3, 0.4) is 0 Å². The molecule has 4 nitrogen and oxygen atoms in total. The van der Waals surface area contributed by atoms with Gasteiger partial charge in [-0.3, -0.25) is 9.59 Å². The number of carbonyl (C=O) groups is 2. The molecular formula is C14H17NO3. The molecule has 96 valence electrons. The Labute approximate surface area is 107 Å². The lowest BCUT2D eigenvalue weighted by atomic mass is 9.97. The van der Waals surface area contributed by atoms with Gasteiger partial charge in [-0.25, -0.2) is 0 Å². The highest BCUT2D eigenvalue weighted by molar-refractivity contribution is 5.98. The summed E-state index contributed by atoms with van der Waals surface area (Å²) in [6.07, 6.45) is 1.97. The number of aryl methyl sites for hydroxylation is 1. The van der Waals surface area contributed by atoms with E-state index in [9.17, 15) is 9.59 Å². The minimum atomic E-state index is 0.0875. The van der Waals surface area contributed by atoms with Crippen molar-refractivity contribution in [3.05, 3.63) is 23.3 Å². The predicted octanol–water partition coefficient (Wildman–Crippen LogP) is 2.20. The van der Waals surface area contributed by atoms with Gasteiger partial charge in [0.05, 0.1) is 12.7 Å². The smallest absolute Gasteiger partial charge is 0.227 e. The van der Waals surface area contributed by atoms with Gasteiger partial charge in [0.2, 0.25) is 5.91 Å². The second kappa shape index (κ2) is 4.80. The molecule has 0 saturated heterocycles. The summed E-state index contributed by atoms with van der Waals surface area (Å²) in [5.41, 5.74) is 2.38. The molecule has 0 unspecified atom stereocenters. The van der Waals surface area contributed by atoms with Crippen LogP contribution in [0, 0.1) is 0 Å². The number of hydrogen-bond acceptors (Lipinski definition) is 3. The summed E-state index contributed by atoms with van der Waals surface area (Å²) in [4.78, 5) is 24.8. The SMILES string of the molecule is COc1cc2c(cc1C=O)N(C(C)C)C(=O)CC2. The lowest BCUT2D eigenvalue weighted by Crippen LogP contribution is -2.40. The van der Waals surface area contributed by atoms with Crippen molar-refractivity contribution in [2.45, 2.75) is 32.7 Å². The number of rotatable bonds is 3. The molecule has 0 N–H and O–H groups in total. The Morgan fingerprint density at radius 3 is 2.61 bits per heavy atom. The van der Waals surface area contributed by atoms with Gasteiger partial charge in [0, 0.05) is 18.2 Å². The maximum absolute atomic E-state index is 12.0. The Kier molecular flexibility index (Phi) is 3.36. The van der Waals surface area contributed by atoms with Crippen molar-refractivity contribution in [3.8, 4) is 5.75 Å². The average molecular weight is 247 g/mol. The second-order valence-corrected chi connectivity index (χ2v) is 4.70. The van der Waals surface area contributed by atoms with Gasteiger partial charge in [-0.1, -0.05) is 0 Å². The fourth-order valence-corrected chi connectivity index (χ4v) is 2.38. The van der Waals surface area contributed by atoms with Gasteiger partial charge >= 0.3 is 0 Å². The van der Waals surface area contributed by atoms with Gasteiger partial charge < -0.3 is 9.64 Å². The molecule has 0 aromatic heterocycles. The first-order valence-electron chi connectivity index (χ1n) is 6.06. The van der Waals surface area contributed by atoms with Crippen molar-refractivity contribution in [1.82, 2.24) is 0 Å². The molecule has 0 saturated carbocycles. The van der Waals surface area contributed by atoms with E-state index >= 15 is 0 Å². The molecule has 0 atom stereocenters. The molecule has 18 heavy (non-hydrogen) atoms. The zero-order valence-corrected chi connectivity index (χ0v) is 10.9. The number of fused-ring (bicyclic) bond motifs is 1. The van der Waals surface area contributed by atoms with Crippen molar-refractivity contribution in [3.63, 3.8) is 0 Å². The zero-order chi connectivity index (χ0) is 13.3. The summed E-state index contributed by atoms with van der Waals surface area (Å²) in [5.74, 6) is 0.682. The van der Waals surface area contributed by atoms with Crippen LogP contribution in [0.1, 0.15) is 36.2 Å². The van der Waals surface area contributed by atoms with Crippen LogP contribution in [0.15, 0.2) is 12.1 Å². The Morgan fingerprint density at radius 2 is 2.06 bits per heavy atom. The molecule has 1 aromatic carbocycles. The number of benzene rings is 1. The van der Waals surface area contributed by atoms with Gasteiger partial charge in [0.25, 0.3) is 0 Å². The van der Waals surface area contributed by atoms with Crippen LogP contribution >= 0.6 is 0 Å². The first-order chi connectivity index (χ1) is 8.58. The van der Waals surface area contributed by atoms with E-state index < -0.39 is 0 Å². The van der Waals surface area contributed by atoms with E-state index in [0.29, 0.717) is 24.2 Å². The Hall–Kier alpha value is -1.84. The van der Waals surface area contributed by atoms with Gasteiger partial charge in [-0.2, -0.15) is 0 Å². The fourth-order valence-electron chi connectivity index (χ4n) is 2.38. The standard InChI is InChI=1S/C14H17NO3/c1-9(2)15-12-6-11(8-16)13(18-3)7-10(12)4-5-14(15)17/h6-9H,4-5H2,1-3H3. The monoisotopic (exact) mass is 247 g/mol. The Balaban J connectivity index is 2.57. The number of aldehydes is 1. The molecule has 0 radical (unpaired) electrons. The van der Waals surface area contributed by atoms with Crippen LogP contribution in [-0.2, 0) is 11.2 Å². The summed E-state index contributed by atoms with van der Waals surface area (Å²) in [6.45, 7) is 3.94. The van der Waals surface area contributed by atoms with Gasteiger partial charge in [-0.15, -0.1) is 0 Å². The normalized spacial score (nSPS) is 14.7. The van der Waals surface area contributed by atoms with Crippen molar-refractivity contribution in [2.75, 3.05) is 12.0 Å². The molecule has 1 aromatic rings. The van der Waals surface area contributed by atoms with Crippen LogP contribution in [0.5, 0.6) is 5.75 Å². The van der Waals surface area contributed by atoms with E-state index in [0.717, 1.165) is 17.5 Å². The minimum Gasteiger partial charge on any atom is -0.496 e. The first kappa shape index (κ1) is 12.6. The number of carbonyl (C=O) groups excluding carboxylic acids is 2. The molecular weight excluding hydrogens is 230 g/mol. The number of amides is 1. The van der Waals surface area contributed by atoms with Gasteiger partial charge in [0.1, 0.15) is 5.75 Å². The number of methoxy groups -OCH3 is 1. The second-order valence-electron chi connectivity index (χ2n) is 4.70.